The highest BCUT2D eigenvalue weighted by molar-refractivity contribution is 4.81. The zero-order valence-corrected chi connectivity index (χ0v) is 15.1. The Hall–Kier alpha value is -0.340. The zero-order chi connectivity index (χ0) is 16.1. The van der Waals surface area contributed by atoms with Gasteiger partial charge in [0.25, 0.3) is 0 Å². The van der Waals surface area contributed by atoms with Crippen molar-refractivity contribution < 1.29 is 5.11 Å². The summed E-state index contributed by atoms with van der Waals surface area (Å²) in [6.45, 7) is 4.31. The van der Waals surface area contributed by atoms with Crippen molar-refractivity contribution in [2.45, 2.75) is 96.8 Å². The standard InChI is InChI=1S/C20H41NO/c1-2-3-4-5-6-7-8-9-10-11-12-13-14-15-16-17-18-21-19-20-22/h12-13,21-22H,2-11,14-20H2,1H3/b13-12-. The van der Waals surface area contributed by atoms with Crippen molar-refractivity contribution >= 4 is 0 Å². The van der Waals surface area contributed by atoms with Crippen LogP contribution in [0, 0.1) is 0 Å². The van der Waals surface area contributed by atoms with E-state index >= 15 is 0 Å². The summed E-state index contributed by atoms with van der Waals surface area (Å²) in [5.74, 6) is 0. The third kappa shape index (κ3) is 19.7. The van der Waals surface area contributed by atoms with Crippen molar-refractivity contribution in [3.05, 3.63) is 12.2 Å². The maximum absolute atomic E-state index is 8.63. The fourth-order valence-corrected chi connectivity index (χ4v) is 2.70. The van der Waals surface area contributed by atoms with Crippen LogP contribution in [0.2, 0.25) is 0 Å². The normalized spacial score (nSPS) is 11.5. The molecular formula is C20H41NO. The third-order valence-electron chi connectivity index (χ3n) is 4.15. The topological polar surface area (TPSA) is 32.3 Å². The smallest absolute Gasteiger partial charge is 0.0555 e. The molecule has 132 valence electrons. The lowest BCUT2D eigenvalue weighted by Crippen LogP contribution is -2.19. The van der Waals surface area contributed by atoms with E-state index in [1.807, 2.05) is 0 Å². The van der Waals surface area contributed by atoms with Crippen molar-refractivity contribution in [1.82, 2.24) is 5.32 Å². The number of allylic oxidation sites excluding steroid dienone is 2. The molecule has 0 aliphatic rings. The summed E-state index contributed by atoms with van der Waals surface area (Å²) in [4.78, 5) is 0. The predicted octanol–water partition coefficient (Wildman–Crippen LogP) is 5.61. The molecule has 0 bridgehead atoms. The number of hydrogen-bond donors (Lipinski definition) is 2. The summed E-state index contributed by atoms with van der Waals surface area (Å²) in [6, 6.07) is 0. The summed E-state index contributed by atoms with van der Waals surface area (Å²) >= 11 is 0. The summed E-state index contributed by atoms with van der Waals surface area (Å²) < 4.78 is 0. The van der Waals surface area contributed by atoms with Gasteiger partial charge in [0.15, 0.2) is 0 Å². The van der Waals surface area contributed by atoms with Crippen molar-refractivity contribution in [2.75, 3.05) is 19.7 Å². The monoisotopic (exact) mass is 311 g/mol. The number of aliphatic hydroxyl groups excluding tert-OH is 1. The minimum absolute atomic E-state index is 0.252. The average Bonchev–Trinajstić information content (AvgIpc) is 2.54. The first-order valence-corrected chi connectivity index (χ1v) is 9.88. The molecule has 0 amide bonds. The van der Waals surface area contributed by atoms with Crippen molar-refractivity contribution in [3.8, 4) is 0 Å². The van der Waals surface area contributed by atoms with Crippen LogP contribution in [0.3, 0.4) is 0 Å². The molecule has 0 aromatic heterocycles. The van der Waals surface area contributed by atoms with Crippen LogP contribution in [-0.4, -0.2) is 24.8 Å². The van der Waals surface area contributed by atoms with E-state index < -0.39 is 0 Å². The largest absolute Gasteiger partial charge is 0.395 e. The molecule has 0 radical (unpaired) electrons. The van der Waals surface area contributed by atoms with Crippen LogP contribution in [-0.2, 0) is 0 Å². The molecular weight excluding hydrogens is 270 g/mol. The van der Waals surface area contributed by atoms with Crippen molar-refractivity contribution in [3.63, 3.8) is 0 Å². The van der Waals surface area contributed by atoms with Crippen LogP contribution < -0.4 is 5.32 Å². The highest BCUT2D eigenvalue weighted by Crippen LogP contribution is 2.11. The second-order valence-electron chi connectivity index (χ2n) is 6.41. The summed E-state index contributed by atoms with van der Waals surface area (Å²) in [5.41, 5.74) is 0. The maximum Gasteiger partial charge on any atom is 0.0555 e. The van der Waals surface area contributed by atoms with E-state index in [9.17, 15) is 0 Å². The molecule has 0 aliphatic carbocycles. The molecule has 0 heterocycles. The fraction of sp³-hybridized carbons (Fsp3) is 0.900. The molecule has 0 aliphatic heterocycles. The van der Waals surface area contributed by atoms with Gasteiger partial charge in [-0.2, -0.15) is 0 Å². The van der Waals surface area contributed by atoms with E-state index in [0.29, 0.717) is 0 Å². The Morgan fingerprint density at radius 1 is 0.636 bits per heavy atom. The van der Waals surface area contributed by atoms with Gasteiger partial charge in [-0.3, -0.25) is 0 Å². The Morgan fingerprint density at radius 2 is 1.14 bits per heavy atom. The molecule has 22 heavy (non-hydrogen) atoms. The van der Waals surface area contributed by atoms with Gasteiger partial charge in [0.1, 0.15) is 0 Å². The van der Waals surface area contributed by atoms with E-state index in [-0.39, 0.29) is 6.61 Å². The van der Waals surface area contributed by atoms with E-state index in [1.54, 1.807) is 0 Å². The predicted molar refractivity (Wildman–Crippen MR) is 99.4 cm³/mol. The number of unbranched alkanes of at least 4 members (excludes halogenated alkanes) is 12. The zero-order valence-electron chi connectivity index (χ0n) is 15.1. The Bertz CT molecular complexity index is 216. The molecule has 0 spiro atoms. The molecule has 2 heteroatoms. The maximum atomic E-state index is 8.63. The SMILES string of the molecule is CCCCCCCCCCC/C=C\CCCCCNCCO. The van der Waals surface area contributed by atoms with Gasteiger partial charge in [0.2, 0.25) is 0 Å². The lowest BCUT2D eigenvalue weighted by Gasteiger charge is -2.01. The molecule has 0 rings (SSSR count). The molecule has 0 unspecified atom stereocenters. The van der Waals surface area contributed by atoms with Crippen molar-refractivity contribution in [1.29, 1.82) is 0 Å². The van der Waals surface area contributed by atoms with Gasteiger partial charge in [-0.15, -0.1) is 0 Å². The minimum Gasteiger partial charge on any atom is -0.395 e. The van der Waals surface area contributed by atoms with Crippen LogP contribution in [0.15, 0.2) is 12.2 Å². The Balaban J connectivity index is 3.02. The van der Waals surface area contributed by atoms with E-state index in [0.717, 1.165) is 13.1 Å². The van der Waals surface area contributed by atoms with E-state index in [4.69, 9.17) is 5.11 Å². The molecule has 0 fully saturated rings. The number of aliphatic hydroxyl groups is 1. The Labute approximate surface area is 139 Å². The molecule has 0 atom stereocenters. The van der Waals surface area contributed by atoms with Crippen molar-refractivity contribution in [2.24, 2.45) is 0 Å². The highest BCUT2D eigenvalue weighted by Gasteiger charge is 1.91. The summed E-state index contributed by atoms with van der Waals surface area (Å²) in [7, 11) is 0. The first-order valence-electron chi connectivity index (χ1n) is 9.88. The van der Waals surface area contributed by atoms with Gasteiger partial charge in [-0.1, -0.05) is 76.9 Å². The molecule has 0 saturated heterocycles. The molecule has 0 aromatic carbocycles. The summed E-state index contributed by atoms with van der Waals surface area (Å²) in [5, 5.41) is 11.8. The average molecular weight is 312 g/mol. The van der Waals surface area contributed by atoms with Gasteiger partial charge < -0.3 is 10.4 Å². The van der Waals surface area contributed by atoms with Crippen LogP contribution in [0.1, 0.15) is 96.8 Å². The molecule has 0 aromatic rings. The quantitative estimate of drug-likeness (QED) is 0.255. The van der Waals surface area contributed by atoms with Gasteiger partial charge in [0.05, 0.1) is 6.61 Å². The minimum atomic E-state index is 0.252. The highest BCUT2D eigenvalue weighted by atomic mass is 16.3. The van der Waals surface area contributed by atoms with Gasteiger partial charge in [-0.25, -0.2) is 0 Å². The van der Waals surface area contributed by atoms with Crippen LogP contribution in [0.25, 0.3) is 0 Å². The summed E-state index contributed by atoms with van der Waals surface area (Å²) in [6.07, 6.45) is 23.8. The number of nitrogens with one attached hydrogen (secondary N) is 1. The molecule has 2 nitrogen and oxygen atoms in total. The van der Waals surface area contributed by atoms with Gasteiger partial charge in [0, 0.05) is 6.54 Å². The second-order valence-corrected chi connectivity index (χ2v) is 6.41. The number of rotatable bonds is 18. The van der Waals surface area contributed by atoms with Crippen LogP contribution in [0.5, 0.6) is 0 Å². The Morgan fingerprint density at radius 3 is 1.68 bits per heavy atom. The molecule has 0 saturated carbocycles. The lowest BCUT2D eigenvalue weighted by molar-refractivity contribution is 0.292. The van der Waals surface area contributed by atoms with Crippen LogP contribution in [0.4, 0.5) is 0 Å². The third-order valence-corrected chi connectivity index (χ3v) is 4.15. The first kappa shape index (κ1) is 21.7. The van der Waals surface area contributed by atoms with Gasteiger partial charge in [-0.05, 0) is 38.6 Å². The molecule has 2 N–H and O–H groups in total. The van der Waals surface area contributed by atoms with Crippen LogP contribution >= 0.6 is 0 Å². The fourth-order valence-electron chi connectivity index (χ4n) is 2.70. The van der Waals surface area contributed by atoms with E-state index in [1.165, 1.54) is 89.9 Å². The Kier molecular flexibility index (Phi) is 20.3. The van der Waals surface area contributed by atoms with E-state index in [2.05, 4.69) is 24.4 Å². The number of hydrogen-bond acceptors (Lipinski definition) is 2. The van der Waals surface area contributed by atoms with Gasteiger partial charge >= 0.3 is 0 Å². The lowest BCUT2D eigenvalue weighted by atomic mass is 10.1. The first-order chi connectivity index (χ1) is 10.9. The second kappa shape index (κ2) is 20.7.